The number of nitrogens with two attached hydrogens (primary N) is 1. The van der Waals surface area contributed by atoms with E-state index in [-0.39, 0.29) is 11.1 Å². The van der Waals surface area contributed by atoms with Gasteiger partial charge in [-0.3, -0.25) is 5.84 Å². The lowest BCUT2D eigenvalue weighted by Crippen LogP contribution is -2.61. The predicted molar refractivity (Wildman–Crippen MR) is 77.7 cm³/mol. The lowest BCUT2D eigenvalue weighted by atomic mass is 9.80. The molecule has 4 nitrogen and oxygen atoms in total. The van der Waals surface area contributed by atoms with Crippen molar-refractivity contribution in [2.45, 2.75) is 71.5 Å². The van der Waals surface area contributed by atoms with Crippen molar-refractivity contribution in [1.82, 2.24) is 16.1 Å². The van der Waals surface area contributed by atoms with Crippen LogP contribution in [0.15, 0.2) is 11.9 Å². The molecule has 0 atom stereocenters. The van der Waals surface area contributed by atoms with Crippen molar-refractivity contribution in [3.8, 4) is 0 Å². The first kappa shape index (κ1) is 15.3. The van der Waals surface area contributed by atoms with Gasteiger partial charge in [0.2, 0.25) is 0 Å². The van der Waals surface area contributed by atoms with Gasteiger partial charge in [0.15, 0.2) is 0 Å². The summed E-state index contributed by atoms with van der Waals surface area (Å²) in [5.74, 6) is 5.93. The van der Waals surface area contributed by atoms with Gasteiger partial charge in [-0.2, -0.15) is 0 Å². The van der Waals surface area contributed by atoms with Gasteiger partial charge in [0, 0.05) is 29.0 Å². The summed E-state index contributed by atoms with van der Waals surface area (Å²) in [7, 11) is 0. The van der Waals surface area contributed by atoms with Crippen molar-refractivity contribution in [2.75, 3.05) is 0 Å². The standard InChI is InChI=1S/C14H30N4/c1-10(2)12(17-15)9-16-11-7-13(3,4)18-14(5,6)8-11/h9-11,16-18H,7-8,15H2,1-6H3/b12-9-. The van der Waals surface area contributed by atoms with Crippen molar-refractivity contribution >= 4 is 0 Å². The molecule has 0 aromatic rings. The minimum atomic E-state index is 0.168. The molecule has 1 rings (SSSR count). The summed E-state index contributed by atoms with van der Waals surface area (Å²) in [6.45, 7) is 13.3. The third-order valence-corrected chi connectivity index (χ3v) is 3.45. The van der Waals surface area contributed by atoms with Crippen LogP contribution >= 0.6 is 0 Å². The van der Waals surface area contributed by atoms with Crippen LogP contribution in [0.4, 0.5) is 0 Å². The molecular formula is C14H30N4. The van der Waals surface area contributed by atoms with E-state index in [0.29, 0.717) is 12.0 Å². The smallest absolute Gasteiger partial charge is 0.0441 e. The lowest BCUT2D eigenvalue weighted by molar-refractivity contribution is 0.152. The molecule has 1 aliphatic rings. The van der Waals surface area contributed by atoms with E-state index < -0.39 is 0 Å². The van der Waals surface area contributed by atoms with Gasteiger partial charge in [0.25, 0.3) is 0 Å². The van der Waals surface area contributed by atoms with Gasteiger partial charge in [-0.15, -0.1) is 0 Å². The SMILES string of the molecule is CC(C)/C(=C/NC1CC(C)(C)NC(C)(C)C1)NN. The number of piperidine rings is 1. The van der Waals surface area contributed by atoms with Gasteiger partial charge in [0.1, 0.15) is 0 Å². The van der Waals surface area contributed by atoms with Gasteiger partial charge in [-0.1, -0.05) is 13.8 Å². The zero-order valence-corrected chi connectivity index (χ0v) is 12.7. The van der Waals surface area contributed by atoms with Crippen LogP contribution in [0.5, 0.6) is 0 Å². The normalized spacial score (nSPS) is 24.1. The minimum absolute atomic E-state index is 0.168. The summed E-state index contributed by atoms with van der Waals surface area (Å²) in [4.78, 5) is 0. The molecule has 18 heavy (non-hydrogen) atoms. The van der Waals surface area contributed by atoms with Crippen molar-refractivity contribution in [3.05, 3.63) is 11.9 Å². The highest BCUT2D eigenvalue weighted by Gasteiger charge is 2.37. The van der Waals surface area contributed by atoms with Crippen LogP contribution in [0.1, 0.15) is 54.4 Å². The Labute approximate surface area is 112 Å². The highest BCUT2D eigenvalue weighted by Crippen LogP contribution is 2.28. The molecule has 4 heteroatoms. The summed E-state index contributed by atoms with van der Waals surface area (Å²) in [5, 5.41) is 7.21. The van der Waals surface area contributed by atoms with Crippen molar-refractivity contribution in [2.24, 2.45) is 11.8 Å². The third kappa shape index (κ3) is 4.50. The molecule has 1 saturated heterocycles. The van der Waals surface area contributed by atoms with E-state index in [1.807, 2.05) is 6.20 Å². The second kappa shape index (κ2) is 5.49. The van der Waals surface area contributed by atoms with Crippen LogP contribution in [0.2, 0.25) is 0 Å². The molecule has 0 spiro atoms. The van der Waals surface area contributed by atoms with E-state index in [1.165, 1.54) is 0 Å². The number of allylic oxidation sites excluding steroid dienone is 1. The van der Waals surface area contributed by atoms with Gasteiger partial charge in [-0.25, -0.2) is 0 Å². The molecule has 0 aromatic heterocycles. The maximum atomic E-state index is 5.53. The molecule has 0 radical (unpaired) electrons. The maximum absolute atomic E-state index is 5.53. The van der Waals surface area contributed by atoms with Gasteiger partial charge in [-0.05, 0) is 46.5 Å². The van der Waals surface area contributed by atoms with Gasteiger partial charge >= 0.3 is 0 Å². The molecule has 1 aliphatic heterocycles. The van der Waals surface area contributed by atoms with E-state index >= 15 is 0 Å². The highest BCUT2D eigenvalue weighted by atomic mass is 15.2. The molecule has 0 aliphatic carbocycles. The molecule has 1 heterocycles. The van der Waals surface area contributed by atoms with E-state index in [0.717, 1.165) is 18.5 Å². The summed E-state index contributed by atoms with van der Waals surface area (Å²) in [6, 6.07) is 0.485. The monoisotopic (exact) mass is 254 g/mol. The van der Waals surface area contributed by atoms with E-state index in [1.54, 1.807) is 0 Å². The van der Waals surface area contributed by atoms with Crippen LogP contribution in [-0.2, 0) is 0 Å². The van der Waals surface area contributed by atoms with Crippen LogP contribution in [0.3, 0.4) is 0 Å². The Morgan fingerprint density at radius 3 is 2.11 bits per heavy atom. The van der Waals surface area contributed by atoms with E-state index in [4.69, 9.17) is 5.84 Å². The Hall–Kier alpha value is -0.740. The van der Waals surface area contributed by atoms with Crippen LogP contribution in [0, 0.1) is 5.92 Å². The summed E-state index contributed by atoms with van der Waals surface area (Å²) in [5.41, 5.74) is 4.15. The largest absolute Gasteiger partial charge is 0.387 e. The first-order valence-corrected chi connectivity index (χ1v) is 6.87. The van der Waals surface area contributed by atoms with Gasteiger partial charge in [0.05, 0.1) is 0 Å². The fourth-order valence-electron chi connectivity index (χ4n) is 3.02. The highest BCUT2D eigenvalue weighted by molar-refractivity contribution is 5.05. The quantitative estimate of drug-likeness (QED) is 0.457. The fraction of sp³-hybridized carbons (Fsp3) is 0.857. The molecule has 0 unspecified atom stereocenters. The minimum Gasteiger partial charge on any atom is -0.387 e. The second-order valence-corrected chi connectivity index (χ2v) is 7.06. The number of hydrogen-bond donors (Lipinski definition) is 4. The molecule has 0 aromatic carbocycles. The second-order valence-electron chi connectivity index (χ2n) is 7.06. The van der Waals surface area contributed by atoms with Crippen LogP contribution in [0.25, 0.3) is 0 Å². The zero-order chi connectivity index (χ0) is 14.0. The van der Waals surface area contributed by atoms with Crippen LogP contribution in [-0.4, -0.2) is 17.1 Å². The Kier molecular flexibility index (Phi) is 4.67. The number of hydrogen-bond acceptors (Lipinski definition) is 4. The van der Waals surface area contributed by atoms with Gasteiger partial charge < -0.3 is 16.1 Å². The summed E-state index contributed by atoms with van der Waals surface area (Å²) in [6.07, 6.45) is 4.26. The topological polar surface area (TPSA) is 62.1 Å². The Morgan fingerprint density at radius 1 is 1.22 bits per heavy atom. The Morgan fingerprint density at radius 2 is 1.72 bits per heavy atom. The van der Waals surface area contributed by atoms with Crippen molar-refractivity contribution < 1.29 is 0 Å². The summed E-state index contributed by atoms with van der Waals surface area (Å²) >= 11 is 0. The number of nitrogens with one attached hydrogen (secondary N) is 3. The fourth-order valence-corrected chi connectivity index (χ4v) is 3.02. The maximum Gasteiger partial charge on any atom is 0.0441 e. The average Bonchev–Trinajstić information content (AvgIpc) is 2.12. The Balaban J connectivity index is 2.67. The molecule has 0 saturated carbocycles. The third-order valence-electron chi connectivity index (χ3n) is 3.45. The number of hydrazine groups is 1. The summed E-state index contributed by atoms with van der Waals surface area (Å²) < 4.78 is 0. The van der Waals surface area contributed by atoms with Crippen molar-refractivity contribution in [3.63, 3.8) is 0 Å². The van der Waals surface area contributed by atoms with E-state index in [9.17, 15) is 0 Å². The predicted octanol–water partition coefficient (Wildman–Crippen LogP) is 1.85. The average molecular weight is 254 g/mol. The molecule has 0 amide bonds. The van der Waals surface area contributed by atoms with E-state index in [2.05, 4.69) is 57.6 Å². The molecule has 0 bridgehead atoms. The lowest BCUT2D eigenvalue weighted by Gasteiger charge is -2.46. The Bertz CT molecular complexity index is 289. The van der Waals surface area contributed by atoms with Crippen molar-refractivity contribution in [1.29, 1.82) is 0 Å². The molecule has 106 valence electrons. The number of rotatable bonds is 4. The molecular weight excluding hydrogens is 224 g/mol. The van der Waals surface area contributed by atoms with Crippen LogP contribution < -0.4 is 21.9 Å². The molecule has 1 fully saturated rings. The first-order chi connectivity index (χ1) is 8.15. The first-order valence-electron chi connectivity index (χ1n) is 6.87. The molecule has 5 N–H and O–H groups in total. The zero-order valence-electron chi connectivity index (χ0n) is 12.7.